The quantitative estimate of drug-likeness (QED) is 0.794. The summed E-state index contributed by atoms with van der Waals surface area (Å²) >= 11 is 0. The Hall–Kier alpha value is -2.30. The van der Waals surface area contributed by atoms with Gasteiger partial charge in [-0.2, -0.15) is 5.10 Å². The zero-order valence-corrected chi connectivity index (χ0v) is 9.24. The highest BCUT2D eigenvalue weighted by Crippen LogP contribution is 2.13. The maximum Gasteiger partial charge on any atom is 0.266 e. The SMILES string of the molecule is Nc1cccc(OCCn2ncccc2=O)c1. The van der Waals surface area contributed by atoms with E-state index in [1.165, 1.54) is 10.7 Å². The van der Waals surface area contributed by atoms with Crippen molar-refractivity contribution in [2.45, 2.75) is 6.54 Å². The number of rotatable bonds is 4. The maximum absolute atomic E-state index is 11.3. The molecule has 0 unspecified atom stereocenters. The monoisotopic (exact) mass is 231 g/mol. The molecule has 0 aliphatic rings. The average Bonchev–Trinajstić information content (AvgIpc) is 2.32. The molecule has 0 saturated carbocycles. The summed E-state index contributed by atoms with van der Waals surface area (Å²) in [6.07, 6.45) is 1.57. The van der Waals surface area contributed by atoms with E-state index in [0.717, 1.165) is 0 Å². The maximum atomic E-state index is 11.3. The van der Waals surface area contributed by atoms with Crippen LogP contribution in [0, 0.1) is 0 Å². The molecule has 88 valence electrons. The lowest BCUT2D eigenvalue weighted by Crippen LogP contribution is -2.24. The average molecular weight is 231 g/mol. The number of benzene rings is 1. The number of nitrogen functional groups attached to an aromatic ring is 1. The summed E-state index contributed by atoms with van der Waals surface area (Å²) in [6.45, 7) is 0.787. The third kappa shape index (κ3) is 3.07. The summed E-state index contributed by atoms with van der Waals surface area (Å²) in [4.78, 5) is 11.3. The number of aromatic nitrogens is 2. The topological polar surface area (TPSA) is 70.1 Å². The first-order valence-electron chi connectivity index (χ1n) is 5.26. The molecule has 2 N–H and O–H groups in total. The summed E-state index contributed by atoms with van der Waals surface area (Å²) in [5.74, 6) is 0.689. The van der Waals surface area contributed by atoms with Gasteiger partial charge in [-0.05, 0) is 18.2 Å². The van der Waals surface area contributed by atoms with Crippen molar-refractivity contribution in [1.29, 1.82) is 0 Å². The summed E-state index contributed by atoms with van der Waals surface area (Å²) in [5, 5.41) is 3.93. The summed E-state index contributed by atoms with van der Waals surface area (Å²) in [7, 11) is 0. The highest BCUT2D eigenvalue weighted by atomic mass is 16.5. The van der Waals surface area contributed by atoms with Gasteiger partial charge in [-0.25, -0.2) is 4.68 Å². The molecule has 5 heteroatoms. The van der Waals surface area contributed by atoms with Crippen LogP contribution in [0.15, 0.2) is 47.4 Å². The first-order chi connectivity index (χ1) is 8.25. The van der Waals surface area contributed by atoms with Crippen LogP contribution in [0.25, 0.3) is 0 Å². The molecule has 1 aromatic heterocycles. The molecule has 0 spiro atoms. The highest BCUT2D eigenvalue weighted by Gasteiger charge is 1.97. The van der Waals surface area contributed by atoms with E-state index in [4.69, 9.17) is 10.5 Å². The third-order valence-electron chi connectivity index (χ3n) is 2.22. The number of nitrogens with two attached hydrogens (primary N) is 1. The van der Waals surface area contributed by atoms with Gasteiger partial charge in [0.05, 0.1) is 6.54 Å². The van der Waals surface area contributed by atoms with Crippen molar-refractivity contribution in [3.05, 3.63) is 52.9 Å². The third-order valence-corrected chi connectivity index (χ3v) is 2.22. The zero-order chi connectivity index (χ0) is 12.1. The minimum absolute atomic E-state index is 0.135. The van der Waals surface area contributed by atoms with Crippen LogP contribution in [-0.4, -0.2) is 16.4 Å². The Labute approximate surface area is 98.5 Å². The van der Waals surface area contributed by atoms with E-state index in [0.29, 0.717) is 24.6 Å². The molecular weight excluding hydrogens is 218 g/mol. The van der Waals surface area contributed by atoms with Gasteiger partial charge in [0.1, 0.15) is 12.4 Å². The van der Waals surface area contributed by atoms with Crippen LogP contribution in [0.5, 0.6) is 5.75 Å². The van der Waals surface area contributed by atoms with Crippen LogP contribution in [0.2, 0.25) is 0 Å². The lowest BCUT2D eigenvalue weighted by molar-refractivity contribution is 0.288. The fourth-order valence-corrected chi connectivity index (χ4v) is 1.41. The van der Waals surface area contributed by atoms with Gasteiger partial charge in [-0.3, -0.25) is 4.79 Å². The molecule has 17 heavy (non-hydrogen) atoms. The van der Waals surface area contributed by atoms with Gasteiger partial charge in [0.2, 0.25) is 0 Å². The molecule has 2 aromatic rings. The van der Waals surface area contributed by atoms with E-state index in [-0.39, 0.29) is 5.56 Å². The van der Waals surface area contributed by atoms with Crippen molar-refractivity contribution in [3.63, 3.8) is 0 Å². The highest BCUT2D eigenvalue weighted by molar-refractivity contribution is 5.43. The fourth-order valence-electron chi connectivity index (χ4n) is 1.41. The molecule has 0 bridgehead atoms. The van der Waals surface area contributed by atoms with E-state index >= 15 is 0 Å². The second-order valence-electron chi connectivity index (χ2n) is 3.51. The van der Waals surface area contributed by atoms with E-state index in [2.05, 4.69) is 5.10 Å². The molecule has 0 radical (unpaired) electrons. The normalized spacial score (nSPS) is 10.1. The molecule has 0 aliphatic carbocycles. The largest absolute Gasteiger partial charge is 0.492 e. The van der Waals surface area contributed by atoms with Gasteiger partial charge in [-0.1, -0.05) is 6.07 Å². The standard InChI is InChI=1S/C12H13N3O2/c13-10-3-1-4-11(9-10)17-8-7-15-12(16)5-2-6-14-15/h1-6,9H,7-8,13H2. The van der Waals surface area contributed by atoms with Crippen molar-refractivity contribution < 1.29 is 4.74 Å². The van der Waals surface area contributed by atoms with Crippen molar-refractivity contribution in [2.24, 2.45) is 0 Å². The predicted octanol–water partition coefficient (Wildman–Crippen LogP) is 0.905. The van der Waals surface area contributed by atoms with Gasteiger partial charge < -0.3 is 10.5 Å². The predicted molar refractivity (Wildman–Crippen MR) is 64.8 cm³/mol. The Morgan fingerprint density at radius 2 is 2.18 bits per heavy atom. The summed E-state index contributed by atoms with van der Waals surface area (Å²) in [5.41, 5.74) is 6.13. The molecule has 0 atom stereocenters. The smallest absolute Gasteiger partial charge is 0.266 e. The molecule has 0 fully saturated rings. The lowest BCUT2D eigenvalue weighted by Gasteiger charge is -2.07. The van der Waals surface area contributed by atoms with Gasteiger partial charge in [0, 0.05) is 24.0 Å². The minimum atomic E-state index is -0.135. The number of anilines is 1. The Kier molecular flexibility index (Phi) is 3.40. The van der Waals surface area contributed by atoms with E-state index in [1.807, 2.05) is 12.1 Å². The minimum Gasteiger partial charge on any atom is -0.492 e. The second kappa shape index (κ2) is 5.16. The molecule has 1 aromatic carbocycles. The Morgan fingerprint density at radius 3 is 2.94 bits per heavy atom. The first kappa shape index (κ1) is 11.2. The number of hydrogen-bond donors (Lipinski definition) is 1. The Morgan fingerprint density at radius 1 is 1.29 bits per heavy atom. The molecular formula is C12H13N3O2. The van der Waals surface area contributed by atoms with Gasteiger partial charge in [0.25, 0.3) is 5.56 Å². The molecule has 2 rings (SSSR count). The molecule has 0 saturated heterocycles. The van der Waals surface area contributed by atoms with Crippen LogP contribution < -0.4 is 16.0 Å². The van der Waals surface area contributed by atoms with Crippen LogP contribution in [0.3, 0.4) is 0 Å². The number of nitrogens with zero attached hydrogens (tertiary/aromatic N) is 2. The zero-order valence-electron chi connectivity index (χ0n) is 9.24. The molecule has 0 amide bonds. The molecule has 0 aliphatic heterocycles. The molecule has 1 heterocycles. The number of hydrogen-bond acceptors (Lipinski definition) is 4. The van der Waals surface area contributed by atoms with Gasteiger partial charge in [0.15, 0.2) is 0 Å². The Bertz CT molecular complexity index is 551. The van der Waals surface area contributed by atoms with E-state index in [1.54, 1.807) is 24.4 Å². The Balaban J connectivity index is 1.92. The second-order valence-corrected chi connectivity index (χ2v) is 3.51. The van der Waals surface area contributed by atoms with Crippen molar-refractivity contribution in [2.75, 3.05) is 12.3 Å². The summed E-state index contributed by atoms with van der Waals surface area (Å²) in [6, 6.07) is 10.2. The van der Waals surface area contributed by atoms with Crippen LogP contribution in [0.1, 0.15) is 0 Å². The summed E-state index contributed by atoms with van der Waals surface area (Å²) < 4.78 is 6.82. The van der Waals surface area contributed by atoms with Crippen LogP contribution >= 0.6 is 0 Å². The van der Waals surface area contributed by atoms with E-state index < -0.39 is 0 Å². The van der Waals surface area contributed by atoms with Crippen molar-refractivity contribution >= 4 is 5.69 Å². The van der Waals surface area contributed by atoms with Crippen molar-refractivity contribution in [3.8, 4) is 5.75 Å². The molecule has 5 nitrogen and oxygen atoms in total. The van der Waals surface area contributed by atoms with Gasteiger partial charge in [-0.15, -0.1) is 0 Å². The van der Waals surface area contributed by atoms with Crippen LogP contribution in [0.4, 0.5) is 5.69 Å². The van der Waals surface area contributed by atoms with E-state index in [9.17, 15) is 4.79 Å². The lowest BCUT2D eigenvalue weighted by atomic mass is 10.3. The van der Waals surface area contributed by atoms with Gasteiger partial charge >= 0.3 is 0 Å². The first-order valence-corrected chi connectivity index (χ1v) is 5.26. The number of ether oxygens (including phenoxy) is 1. The van der Waals surface area contributed by atoms with Crippen molar-refractivity contribution in [1.82, 2.24) is 9.78 Å². The van der Waals surface area contributed by atoms with Crippen LogP contribution in [-0.2, 0) is 6.54 Å². The fraction of sp³-hybridized carbons (Fsp3) is 0.167.